The zero-order valence-corrected chi connectivity index (χ0v) is 11.0. The van der Waals surface area contributed by atoms with Gasteiger partial charge in [-0.25, -0.2) is 0 Å². The Morgan fingerprint density at radius 3 is 2.33 bits per heavy atom. The molecule has 1 aromatic rings. The summed E-state index contributed by atoms with van der Waals surface area (Å²) in [4.78, 5) is 44.0. The van der Waals surface area contributed by atoms with E-state index in [1.807, 2.05) is 5.32 Å². The maximum Gasteiger partial charge on any atom is 0.365 e. The van der Waals surface area contributed by atoms with Gasteiger partial charge < -0.3 is 5.32 Å². The summed E-state index contributed by atoms with van der Waals surface area (Å²) in [6.07, 6.45) is -2.00. The topological polar surface area (TPSA) is 144 Å². The van der Waals surface area contributed by atoms with Crippen LogP contribution in [0.3, 0.4) is 0 Å². The predicted octanol–water partition coefficient (Wildman–Crippen LogP) is 0.496. The summed E-state index contributed by atoms with van der Waals surface area (Å²) in [6, 6.07) is 1.37. The zero-order chi connectivity index (χ0) is 15.9. The number of rotatable bonds is 2. The van der Waals surface area contributed by atoms with Crippen LogP contribution in [0.5, 0.6) is 0 Å². The van der Waals surface area contributed by atoms with Crippen LogP contribution >= 0.6 is 0 Å². The molecule has 0 saturated heterocycles. The van der Waals surface area contributed by atoms with Gasteiger partial charge in [-0.3, -0.25) is 35.1 Å². The van der Waals surface area contributed by atoms with Crippen LogP contribution in [0.4, 0.5) is 11.4 Å². The van der Waals surface area contributed by atoms with Crippen molar-refractivity contribution < 1.29 is 19.4 Å². The van der Waals surface area contributed by atoms with Crippen LogP contribution in [0.2, 0.25) is 0 Å². The Morgan fingerprint density at radius 2 is 1.81 bits per heavy atom. The number of nitrogens with one attached hydrogen (secondary N) is 2. The number of nitrogens with zero attached hydrogens (tertiary/aromatic N) is 2. The van der Waals surface area contributed by atoms with Gasteiger partial charge in [0.15, 0.2) is 0 Å². The Hall–Kier alpha value is -3.04. The number of benzene rings is 1. The molecule has 21 heavy (non-hydrogen) atoms. The minimum Gasteiger partial charge on any atom is -0.317 e. The first-order chi connectivity index (χ1) is 9.73. The molecule has 0 bridgehead atoms. The number of fused-ring (bicyclic) bond motifs is 1. The smallest absolute Gasteiger partial charge is 0.317 e. The van der Waals surface area contributed by atoms with E-state index in [-0.39, 0.29) is 16.8 Å². The van der Waals surface area contributed by atoms with Crippen molar-refractivity contribution in [1.29, 1.82) is 0 Å². The Bertz CT molecular complexity index is 698. The van der Waals surface area contributed by atoms with E-state index in [1.54, 1.807) is 6.92 Å². The number of hydrogen-bond acceptors (Lipinski definition) is 6. The van der Waals surface area contributed by atoms with E-state index in [9.17, 15) is 29.8 Å². The van der Waals surface area contributed by atoms with Crippen LogP contribution in [0.25, 0.3) is 0 Å². The van der Waals surface area contributed by atoms with Crippen molar-refractivity contribution in [3.05, 3.63) is 43.0 Å². The van der Waals surface area contributed by atoms with E-state index in [2.05, 4.69) is 5.32 Å². The second-order valence-electron chi connectivity index (χ2n) is 4.50. The number of anilines is 1. The average Bonchev–Trinajstić information content (AvgIpc) is 2.48. The molecule has 1 unspecified atom stereocenters. The highest BCUT2D eigenvalue weighted by Gasteiger charge is 2.40. The van der Waals surface area contributed by atoms with Gasteiger partial charge in [0.2, 0.25) is 0 Å². The van der Waals surface area contributed by atoms with E-state index in [1.165, 1.54) is 13.0 Å². The van der Waals surface area contributed by atoms with Crippen LogP contribution in [0.15, 0.2) is 6.07 Å². The largest absolute Gasteiger partial charge is 0.365 e. The Morgan fingerprint density at radius 1 is 1.19 bits per heavy atom. The molecular weight excluding hydrogens is 284 g/mol. The molecule has 110 valence electrons. The second-order valence-corrected chi connectivity index (χ2v) is 4.50. The highest BCUT2D eigenvalue weighted by atomic mass is 16.6. The van der Waals surface area contributed by atoms with Crippen LogP contribution in [-0.4, -0.2) is 27.8 Å². The molecule has 1 heterocycles. The molecule has 0 fully saturated rings. The monoisotopic (exact) mass is 294 g/mol. The first-order valence-electron chi connectivity index (χ1n) is 5.78. The first-order valence-corrected chi connectivity index (χ1v) is 5.78. The molecule has 10 heteroatoms. The molecule has 10 nitrogen and oxygen atoms in total. The summed E-state index contributed by atoms with van der Waals surface area (Å²) in [5.74, 6) is -2.11. The summed E-state index contributed by atoms with van der Waals surface area (Å²) in [5.41, 5.74) is -0.250. The number of nitro groups is 2. The Kier molecular flexibility index (Phi) is 3.29. The molecule has 0 saturated carbocycles. The second kappa shape index (κ2) is 4.81. The summed E-state index contributed by atoms with van der Waals surface area (Å²) in [7, 11) is 0. The summed E-state index contributed by atoms with van der Waals surface area (Å²) >= 11 is 0. The summed E-state index contributed by atoms with van der Waals surface area (Å²) < 4.78 is 0. The van der Waals surface area contributed by atoms with Gasteiger partial charge >= 0.3 is 12.1 Å². The molecule has 1 aliphatic heterocycles. The lowest BCUT2D eigenvalue weighted by Gasteiger charge is -2.10. The van der Waals surface area contributed by atoms with Crippen molar-refractivity contribution in [3.63, 3.8) is 0 Å². The van der Waals surface area contributed by atoms with Gasteiger partial charge in [0, 0.05) is 5.56 Å². The first kappa shape index (κ1) is 14.4. The van der Waals surface area contributed by atoms with E-state index in [4.69, 9.17) is 0 Å². The van der Waals surface area contributed by atoms with Crippen molar-refractivity contribution in [2.24, 2.45) is 0 Å². The van der Waals surface area contributed by atoms with Gasteiger partial charge in [-0.05, 0) is 25.5 Å². The molecule has 0 radical (unpaired) electrons. The predicted molar refractivity (Wildman–Crippen MR) is 69.4 cm³/mol. The number of hydrogen-bond donors (Lipinski definition) is 2. The molecule has 0 spiro atoms. The molecule has 2 rings (SSSR count). The van der Waals surface area contributed by atoms with Gasteiger partial charge in [-0.2, -0.15) is 0 Å². The molecule has 1 atom stereocenters. The van der Waals surface area contributed by atoms with Gasteiger partial charge in [0.25, 0.3) is 11.6 Å². The minimum atomic E-state index is -2.00. The molecule has 2 N–H and O–H groups in total. The maximum atomic E-state index is 12.0. The molecule has 0 aliphatic carbocycles. The van der Waals surface area contributed by atoms with Crippen molar-refractivity contribution in [3.8, 4) is 0 Å². The lowest BCUT2D eigenvalue weighted by atomic mass is 10.0. The highest BCUT2D eigenvalue weighted by Crippen LogP contribution is 2.34. The summed E-state index contributed by atoms with van der Waals surface area (Å²) in [6.45, 7) is 3.03. The highest BCUT2D eigenvalue weighted by molar-refractivity contribution is 6.12. The van der Waals surface area contributed by atoms with Crippen molar-refractivity contribution in [2.45, 2.75) is 20.0 Å². The number of carbonyl (C=O) groups excluding carboxylic acids is 2. The Labute approximate surface area is 117 Å². The lowest BCUT2D eigenvalue weighted by molar-refractivity contribution is -0.510. The number of carbonyl (C=O) groups is 2. The van der Waals surface area contributed by atoms with E-state index in [0.29, 0.717) is 5.56 Å². The van der Waals surface area contributed by atoms with Crippen LogP contribution in [-0.2, 0) is 4.79 Å². The lowest BCUT2D eigenvalue weighted by Crippen LogP contribution is -2.46. The van der Waals surface area contributed by atoms with E-state index >= 15 is 0 Å². The Balaban J connectivity index is 2.71. The number of aryl methyl sites for hydroxylation is 1. The normalized spacial score (nSPS) is 17.3. The van der Waals surface area contributed by atoms with Gasteiger partial charge in [0.1, 0.15) is 5.56 Å². The molecule has 1 aliphatic rings. The van der Waals surface area contributed by atoms with Gasteiger partial charge in [-0.1, -0.05) is 0 Å². The van der Waals surface area contributed by atoms with Crippen LogP contribution in [0.1, 0.15) is 21.5 Å². The fraction of sp³-hybridized carbons (Fsp3) is 0.273. The van der Waals surface area contributed by atoms with Crippen LogP contribution < -0.4 is 10.6 Å². The van der Waals surface area contributed by atoms with Crippen LogP contribution in [0, 0.1) is 34.1 Å². The van der Waals surface area contributed by atoms with E-state index < -0.39 is 33.5 Å². The van der Waals surface area contributed by atoms with Gasteiger partial charge in [0.05, 0.1) is 15.5 Å². The van der Waals surface area contributed by atoms with Crippen molar-refractivity contribution in [2.75, 3.05) is 5.32 Å². The van der Waals surface area contributed by atoms with Gasteiger partial charge in [-0.15, -0.1) is 0 Å². The fourth-order valence-corrected chi connectivity index (χ4v) is 2.07. The number of nitro benzene ring substituents is 1. The third-order valence-electron chi connectivity index (χ3n) is 3.21. The standard InChI is InChI=1S/C11H10N4O6/c1-4-3-6-7(8(5(4)2)14(18)19)10(16)13-9(15(20)21)11(17)12-6/h3,9H,1-2H3,(H,12,17)(H,13,16). The van der Waals surface area contributed by atoms with E-state index in [0.717, 1.165) is 0 Å². The molecule has 0 aromatic heterocycles. The van der Waals surface area contributed by atoms with Crippen molar-refractivity contribution in [1.82, 2.24) is 5.32 Å². The molecular formula is C11H10N4O6. The molecule has 1 aromatic carbocycles. The minimum absolute atomic E-state index is 0.114. The SMILES string of the molecule is Cc1cc2c(c([N+](=O)[O-])c1C)C(=O)NC([N+](=O)[O-])C(=O)N2. The van der Waals surface area contributed by atoms with Crippen molar-refractivity contribution >= 4 is 23.2 Å². The average molecular weight is 294 g/mol. The maximum absolute atomic E-state index is 12.0. The third-order valence-corrected chi connectivity index (χ3v) is 3.21. The number of amides is 2. The zero-order valence-electron chi connectivity index (χ0n) is 11.0. The third kappa shape index (κ3) is 2.26. The quantitative estimate of drug-likeness (QED) is 0.600. The summed E-state index contributed by atoms with van der Waals surface area (Å²) in [5, 5.41) is 26.0. The fourth-order valence-electron chi connectivity index (χ4n) is 2.07. The molecule has 2 amide bonds.